The minimum atomic E-state index is -0.720. The zero-order chi connectivity index (χ0) is 30.8. The first-order chi connectivity index (χ1) is 21.4. The number of ether oxygens (including phenoxy) is 2. The molecule has 2 aromatic heterocycles. The van der Waals surface area contributed by atoms with E-state index in [0.717, 1.165) is 28.1 Å². The number of aromatic nitrogens is 3. The van der Waals surface area contributed by atoms with Crippen molar-refractivity contribution in [2.45, 2.75) is 26.8 Å². The van der Waals surface area contributed by atoms with Gasteiger partial charge in [-0.25, -0.2) is 14.5 Å². The minimum absolute atomic E-state index is 0.201. The number of hydrogen-bond acceptors (Lipinski definition) is 7. The Bertz CT molecular complexity index is 2040. The van der Waals surface area contributed by atoms with E-state index >= 15 is 0 Å². The summed E-state index contributed by atoms with van der Waals surface area (Å²) in [5, 5.41) is 5.46. The normalized spacial score (nSPS) is 14.7. The number of esters is 1. The molecule has 0 spiro atoms. The average molecular weight is 625 g/mol. The predicted molar refractivity (Wildman–Crippen MR) is 172 cm³/mol. The number of allylic oxidation sites excluding steroid dienone is 1. The number of hydrogen-bond donors (Lipinski definition) is 0. The van der Waals surface area contributed by atoms with E-state index in [4.69, 9.17) is 26.2 Å². The SMILES string of the molecule is CCOC(=O)C1=C(C)N=c2s/c(=C/c3cn(-c4ccccc4)nc3-c3ccc(OCC)cc3)c(=O)n2[C@@H]1c1ccc(Cl)cc1. The number of benzene rings is 3. The summed E-state index contributed by atoms with van der Waals surface area (Å²) in [6.45, 7) is 6.23. The number of rotatable bonds is 8. The molecule has 1 aliphatic rings. The van der Waals surface area contributed by atoms with Gasteiger partial charge in [-0.3, -0.25) is 9.36 Å². The molecule has 1 aliphatic heterocycles. The van der Waals surface area contributed by atoms with Crippen LogP contribution in [0.5, 0.6) is 5.75 Å². The first-order valence-corrected chi connectivity index (χ1v) is 15.4. The van der Waals surface area contributed by atoms with Gasteiger partial charge in [0.1, 0.15) is 11.4 Å². The molecular weight excluding hydrogens is 596 g/mol. The summed E-state index contributed by atoms with van der Waals surface area (Å²) in [6.07, 6.45) is 3.75. The third kappa shape index (κ3) is 5.64. The second-order valence-corrected chi connectivity index (χ2v) is 11.5. The fourth-order valence-corrected chi connectivity index (χ4v) is 6.36. The van der Waals surface area contributed by atoms with E-state index in [1.807, 2.05) is 85.9 Å². The molecule has 0 aliphatic carbocycles. The van der Waals surface area contributed by atoms with Gasteiger partial charge in [-0.15, -0.1) is 0 Å². The van der Waals surface area contributed by atoms with Gasteiger partial charge in [-0.1, -0.05) is 53.3 Å². The Morgan fingerprint density at radius 2 is 1.73 bits per heavy atom. The quantitative estimate of drug-likeness (QED) is 0.207. The number of carbonyl (C=O) groups excluding carboxylic acids is 1. The highest BCUT2D eigenvalue weighted by Crippen LogP contribution is 2.32. The molecule has 10 heteroatoms. The van der Waals surface area contributed by atoms with E-state index in [1.165, 1.54) is 11.3 Å². The van der Waals surface area contributed by atoms with Crippen LogP contribution < -0.4 is 19.6 Å². The topological polar surface area (TPSA) is 87.7 Å². The molecule has 8 nitrogen and oxygen atoms in total. The molecule has 0 bridgehead atoms. The average Bonchev–Trinajstić information content (AvgIpc) is 3.58. The first kappa shape index (κ1) is 29.3. The Hall–Kier alpha value is -4.73. The van der Waals surface area contributed by atoms with Gasteiger partial charge in [-0.2, -0.15) is 5.10 Å². The van der Waals surface area contributed by atoms with E-state index in [1.54, 1.807) is 35.2 Å². The third-order valence-electron chi connectivity index (χ3n) is 7.19. The van der Waals surface area contributed by atoms with Crippen LogP contribution in [0.4, 0.5) is 0 Å². The fraction of sp³-hybridized carbons (Fsp3) is 0.176. The molecule has 44 heavy (non-hydrogen) atoms. The van der Waals surface area contributed by atoms with Crippen molar-refractivity contribution in [2.75, 3.05) is 13.2 Å². The van der Waals surface area contributed by atoms with Crippen LogP contribution in [0.3, 0.4) is 0 Å². The lowest BCUT2D eigenvalue weighted by Crippen LogP contribution is -2.39. The molecule has 6 rings (SSSR count). The van der Waals surface area contributed by atoms with Crippen molar-refractivity contribution in [3.8, 4) is 22.7 Å². The van der Waals surface area contributed by atoms with Crippen molar-refractivity contribution < 1.29 is 14.3 Å². The van der Waals surface area contributed by atoms with E-state index in [-0.39, 0.29) is 12.2 Å². The number of thiazole rings is 1. The zero-order valence-electron chi connectivity index (χ0n) is 24.4. The molecule has 0 radical (unpaired) electrons. The minimum Gasteiger partial charge on any atom is -0.494 e. The Morgan fingerprint density at radius 1 is 1.00 bits per heavy atom. The number of nitrogens with zero attached hydrogens (tertiary/aromatic N) is 4. The summed E-state index contributed by atoms with van der Waals surface area (Å²) in [7, 11) is 0. The van der Waals surface area contributed by atoms with E-state index in [0.29, 0.717) is 37.9 Å². The van der Waals surface area contributed by atoms with E-state index in [9.17, 15) is 9.59 Å². The van der Waals surface area contributed by atoms with Crippen molar-refractivity contribution >= 4 is 35.0 Å². The van der Waals surface area contributed by atoms with Crippen molar-refractivity contribution in [2.24, 2.45) is 4.99 Å². The summed E-state index contributed by atoms with van der Waals surface area (Å²) >= 11 is 7.45. The Morgan fingerprint density at radius 3 is 2.41 bits per heavy atom. The van der Waals surface area contributed by atoms with Gasteiger partial charge < -0.3 is 9.47 Å². The van der Waals surface area contributed by atoms with E-state index < -0.39 is 12.0 Å². The molecule has 3 heterocycles. The summed E-state index contributed by atoms with van der Waals surface area (Å²) in [4.78, 5) is 32.5. The van der Waals surface area contributed by atoms with Crippen LogP contribution in [-0.4, -0.2) is 33.5 Å². The van der Waals surface area contributed by atoms with Gasteiger partial charge in [0.15, 0.2) is 4.80 Å². The monoisotopic (exact) mass is 624 g/mol. The maximum Gasteiger partial charge on any atom is 0.338 e. The molecular formula is C34H29ClN4O4S. The summed E-state index contributed by atoms with van der Waals surface area (Å²) in [5.74, 6) is 0.258. The molecule has 1 atom stereocenters. The molecule has 5 aromatic rings. The maximum atomic E-state index is 14.2. The van der Waals surface area contributed by atoms with Gasteiger partial charge in [-0.05, 0) is 80.9 Å². The fourth-order valence-electron chi connectivity index (χ4n) is 5.20. The molecule has 222 valence electrons. The lowest BCUT2D eigenvalue weighted by molar-refractivity contribution is -0.139. The molecule has 0 N–H and O–H groups in total. The van der Waals surface area contributed by atoms with Gasteiger partial charge in [0.05, 0.1) is 40.7 Å². The second kappa shape index (κ2) is 12.5. The van der Waals surface area contributed by atoms with Crippen LogP contribution in [0, 0.1) is 0 Å². The lowest BCUT2D eigenvalue weighted by Gasteiger charge is -2.24. The van der Waals surface area contributed by atoms with Gasteiger partial charge in [0, 0.05) is 22.3 Å². The van der Waals surface area contributed by atoms with Crippen molar-refractivity contribution in [3.05, 3.63) is 132 Å². The van der Waals surface area contributed by atoms with Gasteiger partial charge >= 0.3 is 5.97 Å². The van der Waals surface area contributed by atoms with Crippen molar-refractivity contribution in [1.29, 1.82) is 0 Å². The standard InChI is InChI=1S/C34H29ClN4O4S/c1-4-42-27-17-13-22(14-18-27)30-24(20-38(37-30)26-9-7-6-8-10-26)19-28-32(40)39-31(23-11-15-25(35)16-12-23)29(33(41)43-5-2)21(3)36-34(39)44-28/h6-20,31H,4-5H2,1-3H3/b28-19+/t31-/m1/s1. The molecule has 0 saturated heterocycles. The van der Waals surface area contributed by atoms with Crippen molar-refractivity contribution in [3.63, 3.8) is 0 Å². The predicted octanol–water partition coefficient (Wildman–Crippen LogP) is 5.70. The van der Waals surface area contributed by atoms with Crippen molar-refractivity contribution in [1.82, 2.24) is 14.3 Å². The number of fused-ring (bicyclic) bond motifs is 1. The molecule has 0 amide bonds. The highest BCUT2D eigenvalue weighted by atomic mass is 35.5. The van der Waals surface area contributed by atoms with Crippen LogP contribution >= 0.6 is 22.9 Å². The van der Waals surface area contributed by atoms with E-state index in [2.05, 4.69) is 4.99 Å². The van der Waals surface area contributed by atoms with Gasteiger partial charge in [0.2, 0.25) is 0 Å². The van der Waals surface area contributed by atoms with Crippen LogP contribution in [0.1, 0.15) is 37.9 Å². The molecule has 0 unspecified atom stereocenters. The summed E-state index contributed by atoms with van der Waals surface area (Å²) < 4.78 is 14.9. The Balaban J connectivity index is 1.53. The molecule has 3 aromatic carbocycles. The highest BCUT2D eigenvalue weighted by molar-refractivity contribution is 7.07. The number of halogens is 1. The van der Waals surface area contributed by atoms with Gasteiger partial charge in [0.25, 0.3) is 5.56 Å². The Kier molecular flexibility index (Phi) is 8.32. The second-order valence-electron chi connectivity index (χ2n) is 10.0. The lowest BCUT2D eigenvalue weighted by atomic mass is 9.96. The number of para-hydroxylation sites is 1. The summed E-state index contributed by atoms with van der Waals surface area (Å²) in [6, 6.07) is 23.9. The van der Waals surface area contributed by atoms with Crippen LogP contribution in [0.25, 0.3) is 23.0 Å². The Labute approximate surface area is 262 Å². The van der Waals surface area contributed by atoms with Crippen LogP contribution in [-0.2, 0) is 9.53 Å². The van der Waals surface area contributed by atoms with Crippen LogP contribution in [0.15, 0.2) is 106 Å². The highest BCUT2D eigenvalue weighted by Gasteiger charge is 2.33. The van der Waals surface area contributed by atoms with Crippen LogP contribution in [0.2, 0.25) is 5.02 Å². The molecule has 0 saturated carbocycles. The third-order valence-corrected chi connectivity index (χ3v) is 8.43. The molecule has 0 fully saturated rings. The maximum absolute atomic E-state index is 14.2. The number of carbonyl (C=O) groups is 1. The first-order valence-electron chi connectivity index (χ1n) is 14.2. The summed E-state index contributed by atoms with van der Waals surface area (Å²) in [5.41, 5.74) is 4.51. The largest absolute Gasteiger partial charge is 0.494 e. The zero-order valence-corrected chi connectivity index (χ0v) is 25.9. The smallest absolute Gasteiger partial charge is 0.338 e.